The minimum Gasteiger partial charge on any atom is -0.481 e. The Balaban J connectivity index is 1.61. The fourth-order valence-electron chi connectivity index (χ4n) is 5.23. The van der Waals surface area contributed by atoms with Gasteiger partial charge in [0.1, 0.15) is 7.05 Å². The van der Waals surface area contributed by atoms with E-state index in [1.54, 1.807) is 0 Å². The summed E-state index contributed by atoms with van der Waals surface area (Å²) in [5, 5.41) is 22.9. The van der Waals surface area contributed by atoms with Gasteiger partial charge in [0.2, 0.25) is 0 Å². The van der Waals surface area contributed by atoms with Crippen molar-refractivity contribution in [3.8, 4) is 0 Å². The van der Waals surface area contributed by atoms with Crippen molar-refractivity contribution < 1.29 is 19.7 Å². The summed E-state index contributed by atoms with van der Waals surface area (Å²) >= 11 is 0. The van der Waals surface area contributed by atoms with Crippen molar-refractivity contribution in [2.45, 2.75) is 50.9 Å². The van der Waals surface area contributed by atoms with Crippen LogP contribution in [0.3, 0.4) is 0 Å². The third-order valence-corrected chi connectivity index (χ3v) is 7.24. The number of oxime groups is 1. The lowest BCUT2D eigenvalue weighted by atomic mass is 9.78. The quantitative estimate of drug-likeness (QED) is 0.211. The average molecular weight is 458 g/mol. The van der Waals surface area contributed by atoms with Crippen LogP contribution in [-0.4, -0.2) is 22.0 Å². The number of pyridine rings is 1. The lowest BCUT2D eigenvalue weighted by molar-refractivity contribution is -0.671. The summed E-state index contributed by atoms with van der Waals surface area (Å²) < 4.78 is 1.96. The standard InChI is InChI=1S/C29H32N2O3/c1-20-6-3-4-8-26(20)27(18-28(30-34)25-7-5-17-31(2)19-25)23-13-9-21(10-14-23)22-11-15-24(16-12-22)29(32)33/h3-10,13-14,17,19,22,24,27H,11-12,15-16,18H2,1-2H3,(H-,32,33,34)/p+1/b30-28+/t22?,24?,27-/m1/s1. The molecule has 0 radical (unpaired) electrons. The summed E-state index contributed by atoms with van der Waals surface area (Å²) in [4.78, 5) is 11.3. The van der Waals surface area contributed by atoms with E-state index in [9.17, 15) is 15.1 Å². The summed E-state index contributed by atoms with van der Waals surface area (Å²) in [6, 6.07) is 21.1. The highest BCUT2D eigenvalue weighted by molar-refractivity contribution is 6.00. The predicted molar refractivity (Wildman–Crippen MR) is 132 cm³/mol. The van der Waals surface area contributed by atoms with Crippen molar-refractivity contribution in [1.29, 1.82) is 0 Å². The van der Waals surface area contributed by atoms with Gasteiger partial charge in [0, 0.05) is 18.4 Å². The number of benzene rings is 2. The fraction of sp³-hybridized carbons (Fsp3) is 0.345. The Hall–Kier alpha value is -3.47. The molecule has 1 atom stereocenters. The first kappa shape index (κ1) is 23.7. The molecule has 0 spiro atoms. The zero-order valence-electron chi connectivity index (χ0n) is 19.9. The summed E-state index contributed by atoms with van der Waals surface area (Å²) in [5.74, 6) is -0.393. The molecule has 1 saturated carbocycles. The zero-order chi connectivity index (χ0) is 24.1. The smallest absolute Gasteiger partial charge is 0.306 e. The van der Waals surface area contributed by atoms with Gasteiger partial charge in [-0.3, -0.25) is 4.79 Å². The molecule has 176 valence electrons. The molecule has 1 heterocycles. The van der Waals surface area contributed by atoms with E-state index in [-0.39, 0.29) is 11.8 Å². The van der Waals surface area contributed by atoms with E-state index in [4.69, 9.17) is 0 Å². The van der Waals surface area contributed by atoms with E-state index < -0.39 is 5.97 Å². The molecule has 0 bridgehead atoms. The molecule has 1 aliphatic carbocycles. The summed E-state index contributed by atoms with van der Waals surface area (Å²) in [6.45, 7) is 2.12. The van der Waals surface area contributed by atoms with Crippen LogP contribution in [0, 0.1) is 12.8 Å². The Morgan fingerprint density at radius 2 is 1.74 bits per heavy atom. The zero-order valence-corrected chi connectivity index (χ0v) is 19.9. The predicted octanol–water partition coefficient (Wildman–Crippen LogP) is 5.58. The second kappa shape index (κ2) is 10.6. The van der Waals surface area contributed by atoms with Gasteiger partial charge in [0.05, 0.1) is 17.2 Å². The van der Waals surface area contributed by atoms with Crippen molar-refractivity contribution in [1.82, 2.24) is 0 Å². The van der Waals surface area contributed by atoms with Crippen LogP contribution in [-0.2, 0) is 11.8 Å². The number of hydrogen-bond acceptors (Lipinski definition) is 3. The number of aliphatic carboxylic acids is 1. The van der Waals surface area contributed by atoms with Gasteiger partial charge < -0.3 is 10.3 Å². The Labute approximate surface area is 201 Å². The summed E-state index contributed by atoms with van der Waals surface area (Å²) in [7, 11) is 1.96. The van der Waals surface area contributed by atoms with Gasteiger partial charge in [-0.1, -0.05) is 53.7 Å². The van der Waals surface area contributed by atoms with Gasteiger partial charge in [0.15, 0.2) is 12.4 Å². The monoisotopic (exact) mass is 457 g/mol. The van der Waals surface area contributed by atoms with Crippen LogP contribution in [0.5, 0.6) is 0 Å². The molecular weight excluding hydrogens is 424 g/mol. The van der Waals surface area contributed by atoms with E-state index in [0.717, 1.165) is 31.2 Å². The molecule has 1 aliphatic rings. The third kappa shape index (κ3) is 5.36. The molecule has 0 saturated heterocycles. The highest BCUT2D eigenvalue weighted by atomic mass is 16.4. The van der Waals surface area contributed by atoms with E-state index in [2.05, 4.69) is 54.5 Å². The highest BCUT2D eigenvalue weighted by Gasteiger charge is 2.27. The molecule has 2 aromatic carbocycles. The number of rotatable bonds is 7. The minimum atomic E-state index is -0.664. The topological polar surface area (TPSA) is 73.8 Å². The SMILES string of the molecule is Cc1ccccc1[C@H](C/C(=N\O)c1ccc[n+](C)c1)c1ccc(C2CCC(C(=O)O)CC2)cc1. The number of carbonyl (C=O) groups is 1. The molecule has 0 aliphatic heterocycles. The van der Waals surface area contributed by atoms with Crippen molar-refractivity contribution >= 4 is 11.7 Å². The van der Waals surface area contributed by atoms with Crippen LogP contribution in [0.15, 0.2) is 78.2 Å². The van der Waals surface area contributed by atoms with Crippen molar-refractivity contribution in [2.24, 2.45) is 18.1 Å². The molecule has 0 amide bonds. The Kier molecular flexibility index (Phi) is 7.41. The van der Waals surface area contributed by atoms with Crippen LogP contribution >= 0.6 is 0 Å². The Morgan fingerprint density at radius 1 is 1.03 bits per heavy atom. The molecule has 4 rings (SSSR count). The Bertz CT molecular complexity index is 1160. The highest BCUT2D eigenvalue weighted by Crippen LogP contribution is 2.37. The van der Waals surface area contributed by atoms with E-state index in [0.29, 0.717) is 18.1 Å². The molecule has 3 aromatic rings. The van der Waals surface area contributed by atoms with E-state index in [1.165, 1.54) is 22.3 Å². The molecule has 34 heavy (non-hydrogen) atoms. The van der Waals surface area contributed by atoms with Crippen LogP contribution in [0.2, 0.25) is 0 Å². The molecule has 5 heteroatoms. The molecule has 2 N–H and O–H groups in total. The van der Waals surface area contributed by atoms with Crippen LogP contribution in [0.1, 0.15) is 71.8 Å². The number of carboxylic acids is 1. The second-order valence-electron chi connectivity index (χ2n) is 9.47. The number of aryl methyl sites for hydroxylation is 2. The molecule has 1 fully saturated rings. The number of carboxylic acid groups (broad SMARTS) is 1. The number of nitrogens with zero attached hydrogens (tertiary/aromatic N) is 2. The van der Waals surface area contributed by atoms with Gasteiger partial charge in [-0.25, -0.2) is 4.57 Å². The molecule has 5 nitrogen and oxygen atoms in total. The first-order chi connectivity index (χ1) is 16.5. The van der Waals surface area contributed by atoms with Gasteiger partial charge in [-0.2, -0.15) is 0 Å². The molecule has 0 unspecified atom stereocenters. The van der Waals surface area contributed by atoms with Gasteiger partial charge in [-0.15, -0.1) is 0 Å². The second-order valence-corrected chi connectivity index (χ2v) is 9.47. The van der Waals surface area contributed by atoms with E-state index >= 15 is 0 Å². The first-order valence-corrected chi connectivity index (χ1v) is 12.0. The van der Waals surface area contributed by atoms with Crippen LogP contribution in [0.25, 0.3) is 0 Å². The van der Waals surface area contributed by atoms with Crippen LogP contribution in [0.4, 0.5) is 0 Å². The summed E-state index contributed by atoms with van der Waals surface area (Å²) in [6.07, 6.45) is 7.85. The molecule has 1 aromatic heterocycles. The van der Waals surface area contributed by atoms with E-state index in [1.807, 2.05) is 42.2 Å². The number of aromatic nitrogens is 1. The Morgan fingerprint density at radius 3 is 2.35 bits per heavy atom. The van der Waals surface area contributed by atoms with Crippen molar-refractivity contribution in [3.63, 3.8) is 0 Å². The fourth-order valence-corrected chi connectivity index (χ4v) is 5.23. The number of hydrogen-bond donors (Lipinski definition) is 2. The lowest BCUT2D eigenvalue weighted by Gasteiger charge is -2.27. The van der Waals surface area contributed by atoms with Gasteiger partial charge >= 0.3 is 5.97 Å². The largest absolute Gasteiger partial charge is 0.481 e. The maximum atomic E-state index is 11.3. The lowest BCUT2D eigenvalue weighted by Crippen LogP contribution is -2.28. The van der Waals surface area contributed by atoms with Gasteiger partial charge in [-0.05, 0) is 66.8 Å². The molecular formula is C29H33N2O3+. The maximum Gasteiger partial charge on any atom is 0.306 e. The summed E-state index contributed by atoms with van der Waals surface area (Å²) in [5.41, 5.74) is 6.44. The first-order valence-electron chi connectivity index (χ1n) is 12.0. The third-order valence-electron chi connectivity index (χ3n) is 7.24. The minimum absolute atomic E-state index is 0.0504. The van der Waals surface area contributed by atoms with Crippen molar-refractivity contribution in [3.05, 3.63) is 101 Å². The van der Waals surface area contributed by atoms with Crippen molar-refractivity contribution in [2.75, 3.05) is 0 Å². The van der Waals surface area contributed by atoms with Crippen LogP contribution < -0.4 is 4.57 Å². The normalized spacial score (nSPS) is 19.5. The van der Waals surface area contributed by atoms with Gasteiger partial charge in [0.25, 0.3) is 0 Å². The average Bonchev–Trinajstić information content (AvgIpc) is 2.86. The maximum absolute atomic E-state index is 11.3.